The lowest BCUT2D eigenvalue weighted by molar-refractivity contribution is 0.0526. The standard InChI is InChI=1S/C23H26N2O4S/c1-5-28-12-11-25-19-10-9-18(22(27)29-6-2)14-20(19)30-23(25)24-21(26)17-8-7-15(3)16(4)13-17/h7-10,13-14H,5-6,11-12H2,1-4H3. The summed E-state index contributed by atoms with van der Waals surface area (Å²) in [5.41, 5.74) is 4.12. The van der Waals surface area contributed by atoms with E-state index in [1.54, 1.807) is 25.1 Å². The van der Waals surface area contributed by atoms with Gasteiger partial charge < -0.3 is 14.0 Å². The molecule has 0 fully saturated rings. The molecule has 0 bridgehead atoms. The minimum atomic E-state index is -0.363. The summed E-state index contributed by atoms with van der Waals surface area (Å²) in [5.74, 6) is -0.654. The molecule has 0 aliphatic carbocycles. The molecule has 0 saturated heterocycles. The summed E-state index contributed by atoms with van der Waals surface area (Å²) in [4.78, 5) is 29.9. The van der Waals surface area contributed by atoms with Crippen molar-refractivity contribution in [2.24, 2.45) is 4.99 Å². The van der Waals surface area contributed by atoms with E-state index in [2.05, 4.69) is 4.99 Å². The third-order valence-electron chi connectivity index (χ3n) is 4.81. The zero-order valence-electron chi connectivity index (χ0n) is 17.7. The molecule has 0 atom stereocenters. The van der Waals surface area contributed by atoms with Crippen molar-refractivity contribution in [3.8, 4) is 0 Å². The fourth-order valence-corrected chi connectivity index (χ4v) is 4.14. The van der Waals surface area contributed by atoms with Crippen LogP contribution in [0.1, 0.15) is 45.7 Å². The minimum Gasteiger partial charge on any atom is -0.462 e. The van der Waals surface area contributed by atoms with Crippen molar-refractivity contribution in [2.75, 3.05) is 19.8 Å². The van der Waals surface area contributed by atoms with Gasteiger partial charge in [-0.05, 0) is 69.2 Å². The normalized spacial score (nSPS) is 11.8. The van der Waals surface area contributed by atoms with Crippen LogP contribution in [0.2, 0.25) is 0 Å². The van der Waals surface area contributed by atoms with E-state index in [-0.39, 0.29) is 11.9 Å². The third kappa shape index (κ3) is 4.86. The Balaban J connectivity index is 2.06. The van der Waals surface area contributed by atoms with Crippen LogP contribution in [0.3, 0.4) is 0 Å². The topological polar surface area (TPSA) is 69.9 Å². The molecule has 1 heterocycles. The van der Waals surface area contributed by atoms with Crippen molar-refractivity contribution in [1.82, 2.24) is 4.57 Å². The number of nitrogens with zero attached hydrogens (tertiary/aromatic N) is 2. The molecule has 0 aliphatic rings. The molecular weight excluding hydrogens is 400 g/mol. The van der Waals surface area contributed by atoms with E-state index in [9.17, 15) is 9.59 Å². The Bertz CT molecular complexity index is 1140. The highest BCUT2D eigenvalue weighted by Gasteiger charge is 2.13. The average Bonchev–Trinajstić information content (AvgIpc) is 3.06. The van der Waals surface area contributed by atoms with E-state index in [1.165, 1.54) is 11.3 Å². The maximum absolute atomic E-state index is 12.8. The lowest BCUT2D eigenvalue weighted by Gasteiger charge is -2.06. The number of hydrogen-bond donors (Lipinski definition) is 0. The Morgan fingerprint density at radius 3 is 2.47 bits per heavy atom. The molecule has 1 aromatic heterocycles. The predicted molar refractivity (Wildman–Crippen MR) is 118 cm³/mol. The monoisotopic (exact) mass is 426 g/mol. The van der Waals surface area contributed by atoms with Gasteiger partial charge in [-0.25, -0.2) is 4.79 Å². The van der Waals surface area contributed by atoms with E-state index in [1.807, 2.05) is 43.5 Å². The highest BCUT2D eigenvalue weighted by molar-refractivity contribution is 7.16. The number of aryl methyl sites for hydroxylation is 2. The summed E-state index contributed by atoms with van der Waals surface area (Å²) in [6.45, 7) is 9.71. The molecule has 30 heavy (non-hydrogen) atoms. The Labute approximate surface area is 179 Å². The van der Waals surface area contributed by atoms with Crippen molar-refractivity contribution in [3.63, 3.8) is 0 Å². The summed E-state index contributed by atoms with van der Waals surface area (Å²) in [6.07, 6.45) is 0. The number of esters is 1. The summed E-state index contributed by atoms with van der Waals surface area (Å²) in [5, 5.41) is 0. The quantitative estimate of drug-likeness (QED) is 0.418. The van der Waals surface area contributed by atoms with Crippen molar-refractivity contribution in [1.29, 1.82) is 0 Å². The zero-order chi connectivity index (χ0) is 21.7. The van der Waals surface area contributed by atoms with Gasteiger partial charge in [-0.3, -0.25) is 4.79 Å². The first-order valence-corrected chi connectivity index (χ1v) is 10.8. The van der Waals surface area contributed by atoms with Crippen LogP contribution in [0.4, 0.5) is 0 Å². The second kappa shape index (κ2) is 9.82. The first kappa shape index (κ1) is 21.9. The van der Waals surface area contributed by atoms with Crippen molar-refractivity contribution in [3.05, 3.63) is 63.5 Å². The van der Waals surface area contributed by atoms with E-state index in [0.717, 1.165) is 21.3 Å². The van der Waals surface area contributed by atoms with Gasteiger partial charge in [0.15, 0.2) is 4.80 Å². The van der Waals surface area contributed by atoms with E-state index in [4.69, 9.17) is 9.47 Å². The van der Waals surface area contributed by atoms with Crippen LogP contribution in [-0.2, 0) is 16.0 Å². The number of benzene rings is 2. The molecule has 0 unspecified atom stereocenters. The highest BCUT2D eigenvalue weighted by Crippen LogP contribution is 2.20. The lowest BCUT2D eigenvalue weighted by Crippen LogP contribution is -2.19. The Morgan fingerprint density at radius 2 is 1.77 bits per heavy atom. The second-order valence-electron chi connectivity index (χ2n) is 6.85. The number of aromatic nitrogens is 1. The number of rotatable bonds is 7. The van der Waals surface area contributed by atoms with E-state index in [0.29, 0.717) is 42.3 Å². The number of carbonyl (C=O) groups is 2. The van der Waals surface area contributed by atoms with Gasteiger partial charge in [-0.15, -0.1) is 0 Å². The molecule has 3 rings (SSSR count). The van der Waals surface area contributed by atoms with Crippen LogP contribution in [0.25, 0.3) is 10.2 Å². The molecule has 0 N–H and O–H groups in total. The number of fused-ring (bicyclic) bond motifs is 1. The smallest absolute Gasteiger partial charge is 0.338 e. The molecule has 0 radical (unpaired) electrons. The van der Waals surface area contributed by atoms with Crippen molar-refractivity contribution >= 4 is 33.4 Å². The molecular formula is C23H26N2O4S. The van der Waals surface area contributed by atoms with Crippen molar-refractivity contribution < 1.29 is 19.1 Å². The van der Waals surface area contributed by atoms with E-state index >= 15 is 0 Å². The van der Waals surface area contributed by atoms with E-state index < -0.39 is 0 Å². The van der Waals surface area contributed by atoms with Gasteiger partial charge in [-0.2, -0.15) is 4.99 Å². The maximum Gasteiger partial charge on any atom is 0.338 e. The molecule has 3 aromatic rings. The SMILES string of the molecule is CCOCCn1c(=NC(=O)c2ccc(C)c(C)c2)sc2cc(C(=O)OCC)ccc21. The summed E-state index contributed by atoms with van der Waals surface area (Å²) in [6, 6.07) is 11.0. The predicted octanol–water partition coefficient (Wildman–Crippen LogP) is 4.27. The first-order valence-electron chi connectivity index (χ1n) is 9.99. The summed E-state index contributed by atoms with van der Waals surface area (Å²) >= 11 is 1.37. The minimum absolute atomic E-state index is 0.291. The van der Waals surface area contributed by atoms with Gasteiger partial charge in [0.25, 0.3) is 5.91 Å². The molecule has 0 saturated carbocycles. The molecule has 7 heteroatoms. The van der Waals surface area contributed by atoms with Crippen LogP contribution in [0.15, 0.2) is 41.4 Å². The fourth-order valence-electron chi connectivity index (χ4n) is 3.04. The molecule has 2 aromatic carbocycles. The largest absolute Gasteiger partial charge is 0.462 e. The summed E-state index contributed by atoms with van der Waals surface area (Å²) in [7, 11) is 0. The number of thiazole rings is 1. The fraction of sp³-hybridized carbons (Fsp3) is 0.348. The molecule has 158 valence electrons. The van der Waals surface area contributed by atoms with Gasteiger partial charge in [0.1, 0.15) is 0 Å². The van der Waals surface area contributed by atoms with Crippen LogP contribution < -0.4 is 4.80 Å². The van der Waals surface area contributed by atoms with Gasteiger partial charge in [-0.1, -0.05) is 17.4 Å². The van der Waals surface area contributed by atoms with Gasteiger partial charge in [0, 0.05) is 18.7 Å². The van der Waals surface area contributed by atoms with Gasteiger partial charge in [0.2, 0.25) is 0 Å². The second-order valence-corrected chi connectivity index (χ2v) is 7.86. The Kier molecular flexibility index (Phi) is 7.18. The van der Waals surface area contributed by atoms with Crippen LogP contribution in [0, 0.1) is 13.8 Å². The van der Waals surface area contributed by atoms with Crippen LogP contribution in [0.5, 0.6) is 0 Å². The van der Waals surface area contributed by atoms with Crippen LogP contribution >= 0.6 is 11.3 Å². The zero-order valence-corrected chi connectivity index (χ0v) is 18.5. The third-order valence-corrected chi connectivity index (χ3v) is 5.85. The number of ether oxygens (including phenoxy) is 2. The lowest BCUT2D eigenvalue weighted by atomic mass is 10.1. The van der Waals surface area contributed by atoms with Gasteiger partial charge >= 0.3 is 5.97 Å². The molecule has 0 aliphatic heterocycles. The van der Waals surface area contributed by atoms with Gasteiger partial charge in [0.05, 0.1) is 29.0 Å². The van der Waals surface area contributed by atoms with Crippen molar-refractivity contribution in [2.45, 2.75) is 34.2 Å². The summed E-state index contributed by atoms with van der Waals surface area (Å²) < 4.78 is 13.4. The Morgan fingerprint density at radius 1 is 1.00 bits per heavy atom. The first-order chi connectivity index (χ1) is 14.4. The number of amides is 1. The maximum atomic E-state index is 12.8. The molecule has 6 nitrogen and oxygen atoms in total. The molecule has 0 spiro atoms. The highest BCUT2D eigenvalue weighted by atomic mass is 32.1. The number of carbonyl (C=O) groups excluding carboxylic acids is 2. The average molecular weight is 427 g/mol. The number of hydrogen-bond acceptors (Lipinski definition) is 5. The molecule has 1 amide bonds. The van der Waals surface area contributed by atoms with Crippen LogP contribution in [-0.4, -0.2) is 36.3 Å². The Hall–Kier alpha value is -2.77.